The molecule has 0 aliphatic heterocycles. The average Bonchev–Trinajstić information content (AvgIpc) is 3.70. The summed E-state index contributed by atoms with van der Waals surface area (Å²) in [7, 11) is 0. The Hall–Kier alpha value is -5.06. The third-order valence-electron chi connectivity index (χ3n) is 14.1. The van der Waals surface area contributed by atoms with E-state index < -0.39 is 0 Å². The third-order valence-corrected chi connectivity index (χ3v) is 15.1. The summed E-state index contributed by atoms with van der Waals surface area (Å²) >= 11 is 2.44. The molecule has 0 unspecified atom stereocenters. The van der Waals surface area contributed by atoms with Gasteiger partial charge in [-0.3, -0.25) is 0 Å². The molecule has 0 bridgehead atoms. The molecule has 8 aromatic rings. The molecule has 0 atom stereocenters. The van der Waals surface area contributed by atoms with Crippen LogP contribution < -0.4 is 4.74 Å². The number of para-hydroxylation sites is 2. The maximum atomic E-state index is 6.78. The number of nitrogens with zero attached hydrogens (tertiary/aromatic N) is 5. The van der Waals surface area contributed by atoms with Gasteiger partial charge in [0.1, 0.15) is 0 Å². The fourth-order valence-electron chi connectivity index (χ4n) is 9.41. The summed E-state index contributed by atoms with van der Waals surface area (Å²) in [6, 6.07) is 35.2. The number of benzene rings is 4. The van der Waals surface area contributed by atoms with Crippen LogP contribution in [-0.4, -0.2) is 23.7 Å². The van der Waals surface area contributed by atoms with E-state index in [2.05, 4.69) is 213 Å². The van der Waals surface area contributed by atoms with Gasteiger partial charge in [-0.05, 0) is 38.9 Å². The molecule has 0 spiro atoms. The molecule has 304 valence electrons. The average molecular weight is 961 g/mol. The molecular formula is C52H55N5OPt. The van der Waals surface area contributed by atoms with Crippen LogP contribution >= 0.6 is 0 Å². The number of imidazole rings is 1. The van der Waals surface area contributed by atoms with Gasteiger partial charge in [0, 0.05) is 6.20 Å². The summed E-state index contributed by atoms with van der Waals surface area (Å²) in [5, 5.41) is 2.41. The van der Waals surface area contributed by atoms with E-state index in [1.807, 2.05) is 12.4 Å². The molecule has 0 fully saturated rings. The first-order valence-electron chi connectivity index (χ1n) is 20.7. The number of pyridine rings is 2. The van der Waals surface area contributed by atoms with Crippen molar-refractivity contribution >= 4 is 32.8 Å². The maximum absolute atomic E-state index is 6.78. The van der Waals surface area contributed by atoms with Crippen LogP contribution in [0.25, 0.3) is 50.0 Å². The molecule has 6 nitrogen and oxygen atoms in total. The molecule has 4 aromatic carbocycles. The quantitative estimate of drug-likeness (QED) is 0.173. The van der Waals surface area contributed by atoms with E-state index in [9.17, 15) is 0 Å². The first-order valence-corrected chi connectivity index (χ1v) is 21.9. The van der Waals surface area contributed by atoms with Crippen molar-refractivity contribution in [2.45, 2.75) is 105 Å². The molecule has 0 saturated heterocycles. The molecule has 1 aliphatic rings. The van der Waals surface area contributed by atoms with Gasteiger partial charge in [-0.25, -0.2) is 0 Å². The molecule has 4 heterocycles. The van der Waals surface area contributed by atoms with Gasteiger partial charge in [0.05, 0.1) is 0 Å². The van der Waals surface area contributed by atoms with Gasteiger partial charge < -0.3 is 0 Å². The van der Waals surface area contributed by atoms with E-state index >= 15 is 0 Å². The van der Waals surface area contributed by atoms with Crippen LogP contribution in [0.15, 0.2) is 116 Å². The predicted molar refractivity (Wildman–Crippen MR) is 240 cm³/mol. The molecule has 0 radical (unpaired) electrons. The van der Waals surface area contributed by atoms with Crippen molar-refractivity contribution in [2.24, 2.45) is 5.41 Å². The van der Waals surface area contributed by atoms with E-state index in [-0.39, 0.29) is 27.1 Å². The molecule has 0 amide bonds. The van der Waals surface area contributed by atoms with Gasteiger partial charge in [0.2, 0.25) is 0 Å². The summed E-state index contributed by atoms with van der Waals surface area (Å²) in [6.07, 6.45) is 5.68. The zero-order chi connectivity index (χ0) is 42.0. The Morgan fingerprint density at radius 1 is 0.576 bits per heavy atom. The Bertz CT molecular complexity index is 3030. The summed E-state index contributed by atoms with van der Waals surface area (Å²) in [5.41, 5.74) is 11.8. The Labute approximate surface area is 359 Å². The first kappa shape index (κ1) is 39.4. The van der Waals surface area contributed by atoms with Crippen molar-refractivity contribution in [3.63, 3.8) is 0 Å². The molecule has 59 heavy (non-hydrogen) atoms. The van der Waals surface area contributed by atoms with Gasteiger partial charge in [-0.15, -0.1) is 0 Å². The van der Waals surface area contributed by atoms with Crippen LogP contribution in [0.4, 0.5) is 0 Å². The number of hydrogen-bond donors (Lipinski definition) is 0. The zero-order valence-electron chi connectivity index (χ0n) is 36.4. The van der Waals surface area contributed by atoms with E-state index in [0.717, 1.165) is 43.3 Å². The van der Waals surface area contributed by atoms with Gasteiger partial charge in [0.25, 0.3) is 0 Å². The number of hydrogen-bond acceptors (Lipinski definition) is 3. The number of fused-ring (bicyclic) bond motifs is 6. The van der Waals surface area contributed by atoms with Crippen molar-refractivity contribution < 1.29 is 24.1 Å². The van der Waals surface area contributed by atoms with Crippen molar-refractivity contribution in [1.82, 2.24) is 23.7 Å². The summed E-state index contributed by atoms with van der Waals surface area (Å²) in [6.45, 7) is 28.1. The molecule has 0 N–H and O–H groups in total. The van der Waals surface area contributed by atoms with E-state index in [4.69, 9.17) is 14.7 Å². The van der Waals surface area contributed by atoms with Crippen molar-refractivity contribution in [2.75, 3.05) is 0 Å². The fourth-order valence-corrected chi connectivity index (χ4v) is 10.5. The Morgan fingerprint density at radius 3 is 1.88 bits per heavy atom. The molecule has 1 aliphatic carbocycles. The third kappa shape index (κ3) is 5.95. The van der Waals surface area contributed by atoms with Gasteiger partial charge >= 0.3 is 248 Å². The van der Waals surface area contributed by atoms with Crippen molar-refractivity contribution in [3.8, 4) is 28.7 Å². The SMILES string of the molecule is CC(C)(C)c1ccc(-n2[c](=[Pt])n(-c3cncc(Oc4ccc5c6ccc7c(c6n(-c6cc(C(C)(C)C)ccn6)c5c4)C(C)(C)C(C)(C)C7(C)C)c3)c3ccccc32)cc1. The zero-order valence-corrected chi connectivity index (χ0v) is 38.7. The Balaban J connectivity index is 1.19. The second kappa shape index (κ2) is 13.2. The molecular weight excluding hydrogens is 906 g/mol. The predicted octanol–water partition coefficient (Wildman–Crippen LogP) is 13.4. The van der Waals surface area contributed by atoms with Crippen LogP contribution in [0.2, 0.25) is 0 Å². The fraction of sp³-hybridized carbons (Fsp3) is 0.327. The second-order valence-electron chi connectivity index (χ2n) is 20.1. The van der Waals surface area contributed by atoms with Gasteiger partial charge in [-0.2, -0.15) is 0 Å². The standard InChI is InChI=1S/C52H55N5O.Pt/c1-48(2,3)33-17-19-35(20-18-33)55-32-56(43-16-14-13-15-42(43)55)36-28-38(31-53-30-36)58-37-21-22-39-40-23-24-41-46(51(9,10)52(11,12)50(41,7)8)47(40)57(44(39)29-37)45-27-34(25-26-54-45)49(4,5)6;/h13-31H,1-12H3;. The summed E-state index contributed by atoms with van der Waals surface area (Å²) in [5.74, 6) is 2.32. The molecule has 7 heteroatoms. The normalized spacial score (nSPS) is 16.0. The summed E-state index contributed by atoms with van der Waals surface area (Å²) < 4.78 is 14.8. The van der Waals surface area contributed by atoms with E-state index in [1.165, 1.54) is 38.5 Å². The monoisotopic (exact) mass is 960 g/mol. The number of aromatic nitrogens is 5. The van der Waals surface area contributed by atoms with Crippen LogP contribution in [0, 0.1) is 9.22 Å². The number of ether oxygens (including phenoxy) is 1. The van der Waals surface area contributed by atoms with Crippen molar-refractivity contribution in [1.29, 1.82) is 0 Å². The number of rotatable bonds is 5. The Kier molecular flexibility index (Phi) is 8.83. The van der Waals surface area contributed by atoms with Crippen LogP contribution in [0.1, 0.15) is 105 Å². The van der Waals surface area contributed by atoms with Gasteiger partial charge in [0.15, 0.2) is 0 Å². The van der Waals surface area contributed by atoms with Crippen LogP contribution in [-0.2, 0) is 41.0 Å². The molecule has 0 saturated carbocycles. The second-order valence-corrected chi connectivity index (χ2v) is 21.1. The molecule has 4 aromatic heterocycles. The van der Waals surface area contributed by atoms with E-state index in [1.54, 1.807) is 6.20 Å². The topological polar surface area (TPSA) is 49.8 Å². The minimum atomic E-state index is -0.112. The van der Waals surface area contributed by atoms with Crippen molar-refractivity contribution in [3.05, 3.63) is 142 Å². The van der Waals surface area contributed by atoms with Crippen LogP contribution in [0.3, 0.4) is 0 Å². The Morgan fingerprint density at radius 2 is 1.22 bits per heavy atom. The van der Waals surface area contributed by atoms with Gasteiger partial charge in [-0.1, -0.05) is 68.4 Å². The minimum absolute atomic E-state index is 0.00390. The van der Waals surface area contributed by atoms with Crippen LogP contribution in [0.5, 0.6) is 11.5 Å². The van der Waals surface area contributed by atoms with E-state index in [0.29, 0.717) is 5.75 Å². The summed E-state index contributed by atoms with van der Waals surface area (Å²) in [4.78, 5) is 9.81. The first-order chi connectivity index (χ1) is 27.7. The molecule has 9 rings (SSSR count).